The number of carbonyl (C=O) groups excluding carboxylic acids is 1. The van der Waals surface area contributed by atoms with Gasteiger partial charge in [-0.25, -0.2) is 9.31 Å². The number of hydrogen-bond acceptors (Lipinski definition) is 4. The number of aryl methyl sites for hydroxylation is 1. The second-order valence-electron chi connectivity index (χ2n) is 8.94. The monoisotopic (exact) mass is 414 g/mol. The number of fused-ring (bicyclic) bond motifs is 2. The van der Waals surface area contributed by atoms with Crippen molar-refractivity contribution in [1.82, 2.24) is 19.5 Å². The summed E-state index contributed by atoms with van der Waals surface area (Å²) >= 11 is 0. The van der Waals surface area contributed by atoms with Crippen molar-refractivity contribution in [3.05, 3.63) is 59.3 Å². The number of methoxy groups -OCH3 is 1. The maximum atomic E-state index is 12.0. The quantitative estimate of drug-likeness (QED) is 0.499. The highest BCUT2D eigenvalue weighted by Gasteiger charge is 2.28. The SMILES string of the molecule is COC(=O)c1ccc2c(C)c(-c3cc4cccc(C5CNC5)c4n3CC3CC3)nn2c1. The van der Waals surface area contributed by atoms with E-state index in [0.29, 0.717) is 11.5 Å². The fourth-order valence-electron chi connectivity index (χ4n) is 4.79. The summed E-state index contributed by atoms with van der Waals surface area (Å²) in [6.07, 6.45) is 4.37. The molecule has 0 bridgehead atoms. The molecule has 1 saturated carbocycles. The van der Waals surface area contributed by atoms with E-state index in [2.05, 4.69) is 41.1 Å². The molecule has 0 spiro atoms. The minimum absolute atomic E-state index is 0.349. The molecule has 6 rings (SSSR count). The van der Waals surface area contributed by atoms with Crippen LogP contribution in [0, 0.1) is 12.8 Å². The van der Waals surface area contributed by atoms with Gasteiger partial charge < -0.3 is 14.6 Å². The van der Waals surface area contributed by atoms with E-state index < -0.39 is 0 Å². The lowest BCUT2D eigenvalue weighted by atomic mass is 9.92. The van der Waals surface area contributed by atoms with Crippen LogP contribution in [0.25, 0.3) is 27.8 Å². The first-order valence-corrected chi connectivity index (χ1v) is 11.0. The zero-order chi connectivity index (χ0) is 21.1. The van der Waals surface area contributed by atoms with E-state index in [1.807, 2.05) is 10.6 Å². The first-order valence-electron chi connectivity index (χ1n) is 11.0. The van der Waals surface area contributed by atoms with Gasteiger partial charge in [0.05, 0.1) is 29.4 Å². The minimum atomic E-state index is -0.349. The molecule has 1 aliphatic heterocycles. The fraction of sp³-hybridized carbons (Fsp3) is 0.360. The Morgan fingerprint density at radius 1 is 1.23 bits per heavy atom. The molecule has 0 unspecified atom stereocenters. The Labute approximate surface area is 180 Å². The average Bonchev–Trinajstić information content (AvgIpc) is 3.41. The number of esters is 1. The Hall–Kier alpha value is -3.12. The van der Waals surface area contributed by atoms with Crippen molar-refractivity contribution in [2.75, 3.05) is 20.2 Å². The summed E-state index contributed by atoms with van der Waals surface area (Å²) in [5, 5.41) is 9.63. The van der Waals surface area contributed by atoms with Crippen molar-refractivity contribution in [3.8, 4) is 11.4 Å². The normalized spacial score (nSPS) is 16.7. The van der Waals surface area contributed by atoms with E-state index in [1.165, 1.54) is 42.1 Å². The third-order valence-corrected chi connectivity index (χ3v) is 6.85. The second-order valence-corrected chi connectivity index (χ2v) is 8.94. The van der Waals surface area contributed by atoms with Crippen LogP contribution in [0.5, 0.6) is 0 Å². The summed E-state index contributed by atoms with van der Waals surface area (Å²) in [5.41, 5.74) is 7.60. The maximum Gasteiger partial charge on any atom is 0.339 e. The van der Waals surface area contributed by atoms with Gasteiger partial charge >= 0.3 is 5.97 Å². The standard InChI is InChI=1S/C25H26N4O2/c1-15-21-9-8-18(25(30)31-2)14-29(21)27-23(15)22-10-17-4-3-5-20(19-11-26-12-19)24(17)28(22)13-16-6-7-16/h3-5,8-10,14,16,19,26H,6-7,11-13H2,1-2H3. The van der Waals surface area contributed by atoms with Crippen LogP contribution < -0.4 is 5.32 Å². The Morgan fingerprint density at radius 2 is 2.06 bits per heavy atom. The summed E-state index contributed by atoms with van der Waals surface area (Å²) < 4.78 is 9.20. The molecular formula is C25H26N4O2. The highest BCUT2D eigenvalue weighted by atomic mass is 16.5. The van der Waals surface area contributed by atoms with Crippen LogP contribution in [0.1, 0.15) is 40.2 Å². The fourth-order valence-corrected chi connectivity index (χ4v) is 4.79. The number of benzene rings is 1. The third-order valence-electron chi connectivity index (χ3n) is 6.85. The Kier molecular flexibility index (Phi) is 4.18. The van der Waals surface area contributed by atoms with Crippen LogP contribution in [-0.4, -0.2) is 40.3 Å². The number of para-hydroxylation sites is 1. The van der Waals surface area contributed by atoms with Crippen molar-refractivity contribution in [3.63, 3.8) is 0 Å². The van der Waals surface area contributed by atoms with Crippen LogP contribution in [-0.2, 0) is 11.3 Å². The molecule has 1 saturated heterocycles. The first kappa shape index (κ1) is 18.6. The molecule has 6 heteroatoms. The predicted octanol–water partition coefficient (Wildman–Crippen LogP) is 4.15. The largest absolute Gasteiger partial charge is 0.465 e. The number of hydrogen-bond donors (Lipinski definition) is 1. The van der Waals surface area contributed by atoms with E-state index in [1.54, 1.807) is 12.3 Å². The van der Waals surface area contributed by atoms with Crippen LogP contribution in [0.15, 0.2) is 42.6 Å². The van der Waals surface area contributed by atoms with Gasteiger partial charge in [0, 0.05) is 42.7 Å². The number of nitrogens with one attached hydrogen (secondary N) is 1. The molecule has 6 nitrogen and oxygen atoms in total. The lowest BCUT2D eigenvalue weighted by molar-refractivity contribution is 0.0600. The van der Waals surface area contributed by atoms with Gasteiger partial charge in [-0.05, 0) is 49.4 Å². The van der Waals surface area contributed by atoms with Gasteiger partial charge in [-0.15, -0.1) is 0 Å². The topological polar surface area (TPSA) is 60.6 Å². The Balaban J connectivity index is 1.56. The number of nitrogens with zero attached hydrogens (tertiary/aromatic N) is 3. The predicted molar refractivity (Wildman–Crippen MR) is 121 cm³/mol. The molecule has 2 aliphatic rings. The molecule has 31 heavy (non-hydrogen) atoms. The van der Waals surface area contributed by atoms with Crippen molar-refractivity contribution >= 4 is 22.4 Å². The molecule has 4 aromatic rings. The van der Waals surface area contributed by atoms with Gasteiger partial charge in [-0.3, -0.25) is 0 Å². The van der Waals surface area contributed by atoms with E-state index in [0.717, 1.165) is 42.3 Å². The number of rotatable bonds is 5. The molecule has 1 aliphatic carbocycles. The van der Waals surface area contributed by atoms with Gasteiger partial charge in [0.25, 0.3) is 0 Å². The van der Waals surface area contributed by atoms with Crippen molar-refractivity contribution in [1.29, 1.82) is 0 Å². The highest BCUT2D eigenvalue weighted by molar-refractivity contribution is 5.92. The second kappa shape index (κ2) is 6.95. The lowest BCUT2D eigenvalue weighted by Crippen LogP contribution is -2.40. The van der Waals surface area contributed by atoms with Gasteiger partial charge in [0.15, 0.2) is 0 Å². The zero-order valence-corrected chi connectivity index (χ0v) is 17.9. The van der Waals surface area contributed by atoms with E-state index in [-0.39, 0.29) is 5.97 Å². The van der Waals surface area contributed by atoms with Crippen LogP contribution >= 0.6 is 0 Å². The third kappa shape index (κ3) is 2.97. The molecule has 158 valence electrons. The molecule has 2 fully saturated rings. The molecule has 0 atom stereocenters. The van der Waals surface area contributed by atoms with Crippen molar-refractivity contribution in [2.45, 2.75) is 32.2 Å². The summed E-state index contributed by atoms with van der Waals surface area (Å²) in [6.45, 7) is 5.25. The summed E-state index contributed by atoms with van der Waals surface area (Å²) in [5.74, 6) is 0.984. The summed E-state index contributed by atoms with van der Waals surface area (Å²) in [7, 11) is 1.40. The van der Waals surface area contributed by atoms with Gasteiger partial charge in [-0.2, -0.15) is 5.10 Å². The molecule has 3 aromatic heterocycles. The molecule has 4 heterocycles. The Morgan fingerprint density at radius 3 is 2.77 bits per heavy atom. The Bertz CT molecular complexity index is 1320. The van der Waals surface area contributed by atoms with Crippen LogP contribution in [0.3, 0.4) is 0 Å². The van der Waals surface area contributed by atoms with Crippen LogP contribution in [0.2, 0.25) is 0 Å². The lowest BCUT2D eigenvalue weighted by Gasteiger charge is -2.28. The van der Waals surface area contributed by atoms with Crippen molar-refractivity contribution in [2.24, 2.45) is 5.92 Å². The zero-order valence-electron chi connectivity index (χ0n) is 17.9. The maximum absolute atomic E-state index is 12.0. The molecule has 0 radical (unpaired) electrons. The van der Waals surface area contributed by atoms with E-state index in [9.17, 15) is 4.79 Å². The van der Waals surface area contributed by atoms with E-state index >= 15 is 0 Å². The summed E-state index contributed by atoms with van der Waals surface area (Å²) in [4.78, 5) is 12.0. The van der Waals surface area contributed by atoms with Gasteiger partial charge in [0.2, 0.25) is 0 Å². The van der Waals surface area contributed by atoms with Crippen molar-refractivity contribution < 1.29 is 9.53 Å². The number of ether oxygens (including phenoxy) is 1. The molecule has 0 amide bonds. The summed E-state index contributed by atoms with van der Waals surface area (Å²) in [6, 6.07) is 12.8. The number of aromatic nitrogens is 3. The minimum Gasteiger partial charge on any atom is -0.465 e. The average molecular weight is 415 g/mol. The smallest absolute Gasteiger partial charge is 0.339 e. The molecular weight excluding hydrogens is 388 g/mol. The number of carbonyl (C=O) groups is 1. The highest BCUT2D eigenvalue weighted by Crippen LogP contribution is 2.39. The van der Waals surface area contributed by atoms with Gasteiger partial charge in [0.1, 0.15) is 5.69 Å². The molecule has 1 N–H and O–H groups in total. The van der Waals surface area contributed by atoms with E-state index in [4.69, 9.17) is 9.84 Å². The first-order chi connectivity index (χ1) is 15.1. The number of pyridine rings is 1. The van der Waals surface area contributed by atoms with Gasteiger partial charge in [-0.1, -0.05) is 18.2 Å². The van der Waals surface area contributed by atoms with Crippen LogP contribution in [0.4, 0.5) is 0 Å². The molecule has 1 aromatic carbocycles.